The first-order valence-corrected chi connectivity index (χ1v) is 5.44. The summed E-state index contributed by atoms with van der Waals surface area (Å²) < 4.78 is 5.50. The van der Waals surface area contributed by atoms with E-state index >= 15 is 0 Å². The van der Waals surface area contributed by atoms with Crippen molar-refractivity contribution in [2.75, 3.05) is 0 Å². The van der Waals surface area contributed by atoms with Crippen LogP contribution in [0.15, 0.2) is 59.2 Å². The first-order chi connectivity index (χ1) is 7.84. The van der Waals surface area contributed by atoms with Crippen LogP contribution in [0, 0.1) is 0 Å². The van der Waals surface area contributed by atoms with Crippen molar-refractivity contribution in [2.45, 2.75) is 0 Å². The third-order valence-corrected chi connectivity index (χ3v) is 2.86. The Kier molecular flexibility index (Phi) is 2.19. The van der Waals surface area contributed by atoms with Gasteiger partial charge in [-0.3, -0.25) is 0 Å². The van der Waals surface area contributed by atoms with Crippen LogP contribution >= 0.6 is 11.6 Å². The monoisotopic (exact) mass is 228 g/mol. The lowest BCUT2D eigenvalue weighted by Crippen LogP contribution is -1.73. The third-order valence-electron chi connectivity index (χ3n) is 2.62. The smallest absolute Gasteiger partial charge is 0.135 e. The molecule has 0 aliphatic rings. The van der Waals surface area contributed by atoms with Gasteiger partial charge in [0.05, 0.1) is 6.26 Å². The summed E-state index contributed by atoms with van der Waals surface area (Å²) in [4.78, 5) is 0. The maximum Gasteiger partial charge on any atom is 0.135 e. The van der Waals surface area contributed by atoms with Gasteiger partial charge in [0.25, 0.3) is 0 Å². The second kappa shape index (κ2) is 3.69. The number of halogens is 1. The highest BCUT2D eigenvalue weighted by Gasteiger charge is 2.07. The maximum atomic E-state index is 5.91. The average molecular weight is 229 g/mol. The summed E-state index contributed by atoms with van der Waals surface area (Å²) in [6.45, 7) is 0. The summed E-state index contributed by atoms with van der Waals surface area (Å²) in [5.41, 5.74) is 3.09. The van der Waals surface area contributed by atoms with Crippen LogP contribution in [0.5, 0.6) is 0 Å². The van der Waals surface area contributed by atoms with E-state index in [4.69, 9.17) is 16.0 Å². The lowest BCUT2D eigenvalue weighted by atomic mass is 10.1. The molecule has 1 nitrogen and oxygen atoms in total. The summed E-state index contributed by atoms with van der Waals surface area (Å²) in [6.07, 6.45) is 1.77. The Morgan fingerprint density at radius 2 is 1.75 bits per heavy atom. The van der Waals surface area contributed by atoms with Gasteiger partial charge in [-0.2, -0.15) is 0 Å². The molecule has 0 saturated carbocycles. The quantitative estimate of drug-likeness (QED) is 0.586. The van der Waals surface area contributed by atoms with Crippen LogP contribution in [-0.2, 0) is 0 Å². The number of hydrogen-bond donors (Lipinski definition) is 0. The molecule has 0 spiro atoms. The van der Waals surface area contributed by atoms with Crippen molar-refractivity contribution in [3.63, 3.8) is 0 Å². The predicted molar refractivity (Wildman–Crippen MR) is 66.7 cm³/mol. The fourth-order valence-electron chi connectivity index (χ4n) is 1.84. The molecular weight excluding hydrogens is 220 g/mol. The van der Waals surface area contributed by atoms with Crippen molar-refractivity contribution in [1.82, 2.24) is 0 Å². The normalized spacial score (nSPS) is 10.8. The number of hydrogen-bond acceptors (Lipinski definition) is 1. The number of rotatable bonds is 1. The minimum absolute atomic E-state index is 0.696. The largest absolute Gasteiger partial charge is 0.464 e. The fraction of sp³-hybridized carbons (Fsp3) is 0. The zero-order valence-corrected chi connectivity index (χ0v) is 9.24. The van der Waals surface area contributed by atoms with Crippen molar-refractivity contribution in [3.05, 3.63) is 59.8 Å². The Hall–Kier alpha value is -1.73. The van der Waals surface area contributed by atoms with Gasteiger partial charge in [-0.1, -0.05) is 41.9 Å². The van der Waals surface area contributed by atoms with Gasteiger partial charge in [0.15, 0.2) is 0 Å². The van der Waals surface area contributed by atoms with Gasteiger partial charge in [0.2, 0.25) is 0 Å². The molecule has 0 saturated heterocycles. The maximum absolute atomic E-state index is 5.91. The number of furan rings is 1. The molecule has 0 radical (unpaired) electrons. The van der Waals surface area contributed by atoms with E-state index < -0.39 is 0 Å². The topological polar surface area (TPSA) is 13.1 Å². The van der Waals surface area contributed by atoms with E-state index in [-0.39, 0.29) is 0 Å². The Morgan fingerprint density at radius 1 is 0.938 bits per heavy atom. The van der Waals surface area contributed by atoms with Gasteiger partial charge in [-0.15, -0.1) is 0 Å². The van der Waals surface area contributed by atoms with Crippen molar-refractivity contribution >= 4 is 22.6 Å². The van der Waals surface area contributed by atoms with Crippen molar-refractivity contribution in [3.8, 4) is 11.1 Å². The van der Waals surface area contributed by atoms with Crippen molar-refractivity contribution < 1.29 is 4.42 Å². The Morgan fingerprint density at radius 3 is 2.56 bits per heavy atom. The van der Waals surface area contributed by atoms with E-state index in [0.717, 1.165) is 22.1 Å². The van der Waals surface area contributed by atoms with E-state index in [0.29, 0.717) is 5.02 Å². The third kappa shape index (κ3) is 1.50. The van der Waals surface area contributed by atoms with Crippen LogP contribution in [0.3, 0.4) is 0 Å². The number of benzene rings is 2. The first kappa shape index (κ1) is 9.49. The average Bonchev–Trinajstić information content (AvgIpc) is 2.73. The van der Waals surface area contributed by atoms with Crippen LogP contribution < -0.4 is 0 Å². The van der Waals surface area contributed by atoms with E-state index in [9.17, 15) is 0 Å². The molecule has 3 aromatic rings. The lowest BCUT2D eigenvalue weighted by Gasteiger charge is -1.97. The minimum atomic E-state index is 0.696. The van der Waals surface area contributed by atoms with Crippen molar-refractivity contribution in [1.29, 1.82) is 0 Å². The summed E-state index contributed by atoms with van der Waals surface area (Å²) >= 11 is 5.91. The molecule has 3 rings (SSSR count). The van der Waals surface area contributed by atoms with Crippen LogP contribution in [0.4, 0.5) is 0 Å². The highest BCUT2D eigenvalue weighted by atomic mass is 35.5. The zero-order chi connectivity index (χ0) is 11.0. The van der Waals surface area contributed by atoms with Crippen LogP contribution in [0.25, 0.3) is 22.1 Å². The van der Waals surface area contributed by atoms with Gasteiger partial charge >= 0.3 is 0 Å². The molecule has 0 aliphatic heterocycles. The van der Waals surface area contributed by atoms with E-state index in [1.165, 1.54) is 0 Å². The fourth-order valence-corrected chi connectivity index (χ4v) is 2.01. The van der Waals surface area contributed by atoms with Gasteiger partial charge < -0.3 is 4.42 Å². The molecule has 0 aliphatic carbocycles. The Bertz CT molecular complexity index is 626. The molecule has 1 heterocycles. The zero-order valence-electron chi connectivity index (χ0n) is 8.48. The van der Waals surface area contributed by atoms with E-state index in [2.05, 4.69) is 12.1 Å². The number of fused-ring (bicyclic) bond motifs is 1. The van der Waals surface area contributed by atoms with Crippen LogP contribution in [-0.4, -0.2) is 0 Å². The SMILES string of the molecule is Clc1ccc2c(-c3ccccc3)coc2c1. The molecule has 0 N–H and O–H groups in total. The lowest BCUT2D eigenvalue weighted by molar-refractivity contribution is 0.617. The molecule has 0 unspecified atom stereocenters. The predicted octanol–water partition coefficient (Wildman–Crippen LogP) is 4.75. The molecule has 16 heavy (non-hydrogen) atoms. The van der Waals surface area contributed by atoms with Gasteiger partial charge in [0, 0.05) is 22.0 Å². The first-order valence-electron chi connectivity index (χ1n) is 5.07. The molecule has 0 fully saturated rings. The summed E-state index contributed by atoms with van der Waals surface area (Å²) in [7, 11) is 0. The van der Waals surface area contributed by atoms with Crippen molar-refractivity contribution in [2.24, 2.45) is 0 Å². The second-order valence-electron chi connectivity index (χ2n) is 3.66. The van der Waals surface area contributed by atoms with Crippen LogP contribution in [0.1, 0.15) is 0 Å². The Labute approximate surface area is 98.3 Å². The van der Waals surface area contributed by atoms with E-state index in [1.807, 2.05) is 36.4 Å². The highest BCUT2D eigenvalue weighted by Crippen LogP contribution is 2.31. The highest BCUT2D eigenvalue weighted by molar-refractivity contribution is 6.31. The van der Waals surface area contributed by atoms with Crippen LogP contribution in [0.2, 0.25) is 5.02 Å². The summed E-state index contributed by atoms with van der Waals surface area (Å²) in [6, 6.07) is 15.9. The molecule has 0 atom stereocenters. The van der Waals surface area contributed by atoms with Gasteiger partial charge in [0.1, 0.15) is 5.58 Å². The summed E-state index contributed by atoms with van der Waals surface area (Å²) in [5, 5.41) is 1.79. The molecule has 78 valence electrons. The van der Waals surface area contributed by atoms with Gasteiger partial charge in [-0.25, -0.2) is 0 Å². The van der Waals surface area contributed by atoms with E-state index in [1.54, 1.807) is 6.26 Å². The molecule has 2 aromatic carbocycles. The molecular formula is C14H9ClO. The second-order valence-corrected chi connectivity index (χ2v) is 4.09. The minimum Gasteiger partial charge on any atom is -0.464 e. The Balaban J connectivity index is 2.26. The van der Waals surface area contributed by atoms with Gasteiger partial charge in [-0.05, 0) is 17.7 Å². The standard InChI is InChI=1S/C14H9ClO/c15-11-6-7-12-13(9-16-14(12)8-11)10-4-2-1-3-5-10/h1-9H. The molecule has 0 amide bonds. The molecule has 0 bridgehead atoms. The molecule has 2 heteroatoms. The summed E-state index contributed by atoms with van der Waals surface area (Å²) in [5.74, 6) is 0. The molecule has 1 aromatic heterocycles.